The lowest BCUT2D eigenvalue weighted by Crippen LogP contribution is -2.26. The van der Waals surface area contributed by atoms with E-state index in [9.17, 15) is 9.59 Å². The first kappa shape index (κ1) is 17.4. The lowest BCUT2D eigenvalue weighted by Gasteiger charge is -2.06. The van der Waals surface area contributed by atoms with Crippen molar-refractivity contribution in [3.63, 3.8) is 0 Å². The molecule has 2 heterocycles. The molecule has 0 radical (unpaired) electrons. The van der Waals surface area contributed by atoms with E-state index in [4.69, 9.17) is 5.11 Å². The van der Waals surface area contributed by atoms with Gasteiger partial charge >= 0.3 is 0 Å². The standard InChI is InChI=1S/C20H20N4O3/c25-11-10-21-20(27)15-8-4-13(5-9-15)16-2-1-3-19-22-18(23-24(16)19)12-17(26)14-6-7-14/h1-5,8-9,14,25H,6-7,10-12H2,(H,21,27). The van der Waals surface area contributed by atoms with Crippen LogP contribution in [0.2, 0.25) is 0 Å². The molecule has 0 saturated heterocycles. The van der Waals surface area contributed by atoms with Crippen LogP contribution in [0.15, 0.2) is 42.5 Å². The molecule has 1 aromatic carbocycles. The molecule has 2 aromatic heterocycles. The van der Waals surface area contributed by atoms with E-state index in [1.165, 1.54) is 0 Å². The largest absolute Gasteiger partial charge is 0.395 e. The molecule has 7 heteroatoms. The van der Waals surface area contributed by atoms with Crippen LogP contribution >= 0.6 is 0 Å². The summed E-state index contributed by atoms with van der Waals surface area (Å²) in [4.78, 5) is 28.5. The summed E-state index contributed by atoms with van der Waals surface area (Å²) in [7, 11) is 0. The number of aromatic nitrogens is 3. The Morgan fingerprint density at radius 1 is 1.15 bits per heavy atom. The maximum absolute atomic E-state index is 12.0. The Balaban J connectivity index is 1.60. The normalized spacial score (nSPS) is 13.7. The zero-order valence-corrected chi connectivity index (χ0v) is 14.8. The van der Waals surface area contributed by atoms with Crippen LogP contribution in [-0.4, -0.2) is 44.5 Å². The van der Waals surface area contributed by atoms with Gasteiger partial charge in [0.15, 0.2) is 11.5 Å². The highest BCUT2D eigenvalue weighted by atomic mass is 16.3. The van der Waals surface area contributed by atoms with Gasteiger partial charge in [0.25, 0.3) is 5.91 Å². The molecule has 0 bridgehead atoms. The molecule has 0 atom stereocenters. The quantitative estimate of drug-likeness (QED) is 0.664. The number of pyridine rings is 1. The summed E-state index contributed by atoms with van der Waals surface area (Å²) in [6.07, 6.45) is 2.24. The van der Waals surface area contributed by atoms with E-state index in [2.05, 4.69) is 15.4 Å². The summed E-state index contributed by atoms with van der Waals surface area (Å²) in [5.41, 5.74) is 2.95. The summed E-state index contributed by atoms with van der Waals surface area (Å²) in [5.74, 6) is 0.723. The molecule has 1 amide bonds. The van der Waals surface area contributed by atoms with Gasteiger partial charge in [-0.3, -0.25) is 9.59 Å². The summed E-state index contributed by atoms with van der Waals surface area (Å²) < 4.78 is 1.73. The maximum Gasteiger partial charge on any atom is 0.251 e. The third kappa shape index (κ3) is 3.73. The number of carbonyl (C=O) groups is 2. The fourth-order valence-electron chi connectivity index (χ4n) is 3.01. The van der Waals surface area contributed by atoms with Gasteiger partial charge in [0.05, 0.1) is 18.7 Å². The molecule has 1 saturated carbocycles. The fraction of sp³-hybridized carbons (Fsp3) is 0.300. The molecule has 4 rings (SSSR count). The van der Waals surface area contributed by atoms with Crippen molar-refractivity contribution in [1.29, 1.82) is 0 Å². The summed E-state index contributed by atoms with van der Waals surface area (Å²) in [6.45, 7) is 0.130. The number of nitrogens with zero attached hydrogens (tertiary/aromatic N) is 3. The van der Waals surface area contributed by atoms with Crippen molar-refractivity contribution in [2.24, 2.45) is 5.92 Å². The van der Waals surface area contributed by atoms with E-state index in [-0.39, 0.29) is 37.2 Å². The molecule has 1 aliphatic carbocycles. The predicted octanol–water partition coefficient (Wildman–Crippen LogP) is 1.64. The molecule has 3 aromatic rings. The zero-order chi connectivity index (χ0) is 18.8. The Bertz CT molecular complexity index is 990. The number of hydrogen-bond donors (Lipinski definition) is 2. The zero-order valence-electron chi connectivity index (χ0n) is 14.8. The van der Waals surface area contributed by atoms with E-state index in [1.807, 2.05) is 30.3 Å². The molecule has 0 spiro atoms. The van der Waals surface area contributed by atoms with Crippen molar-refractivity contribution in [3.05, 3.63) is 53.9 Å². The third-order valence-electron chi connectivity index (χ3n) is 4.61. The van der Waals surface area contributed by atoms with Crippen LogP contribution in [0.1, 0.15) is 29.0 Å². The maximum atomic E-state index is 12.0. The first-order valence-corrected chi connectivity index (χ1v) is 9.02. The van der Waals surface area contributed by atoms with Crippen molar-refractivity contribution in [2.45, 2.75) is 19.3 Å². The number of Topliss-reactive ketones (excluding diaryl/α,β-unsaturated/α-hetero) is 1. The van der Waals surface area contributed by atoms with Crippen molar-refractivity contribution >= 4 is 17.3 Å². The van der Waals surface area contributed by atoms with E-state index < -0.39 is 0 Å². The first-order chi connectivity index (χ1) is 13.2. The number of aliphatic hydroxyl groups is 1. The minimum absolute atomic E-state index is 0.0935. The highest BCUT2D eigenvalue weighted by Gasteiger charge is 2.30. The van der Waals surface area contributed by atoms with Crippen LogP contribution in [0.3, 0.4) is 0 Å². The molecular formula is C20H20N4O3. The van der Waals surface area contributed by atoms with Crippen LogP contribution in [0.25, 0.3) is 16.9 Å². The van der Waals surface area contributed by atoms with Gasteiger partial charge in [-0.05, 0) is 37.1 Å². The monoisotopic (exact) mass is 364 g/mol. The molecule has 2 N–H and O–H groups in total. The summed E-state index contributed by atoms with van der Waals surface area (Å²) >= 11 is 0. The summed E-state index contributed by atoms with van der Waals surface area (Å²) in [6, 6.07) is 12.8. The summed E-state index contributed by atoms with van der Waals surface area (Å²) in [5, 5.41) is 15.9. The lowest BCUT2D eigenvalue weighted by molar-refractivity contribution is -0.119. The number of aliphatic hydroxyl groups excluding tert-OH is 1. The highest BCUT2D eigenvalue weighted by Crippen LogP contribution is 2.30. The van der Waals surface area contributed by atoms with E-state index >= 15 is 0 Å². The van der Waals surface area contributed by atoms with E-state index in [0.29, 0.717) is 17.0 Å². The van der Waals surface area contributed by atoms with Gasteiger partial charge in [0, 0.05) is 23.6 Å². The minimum Gasteiger partial charge on any atom is -0.395 e. The van der Waals surface area contributed by atoms with Gasteiger partial charge in [-0.25, -0.2) is 9.50 Å². The van der Waals surface area contributed by atoms with Crippen molar-refractivity contribution < 1.29 is 14.7 Å². The molecule has 0 unspecified atom stereocenters. The second kappa shape index (κ2) is 7.28. The number of hydrogen-bond acceptors (Lipinski definition) is 5. The molecule has 1 fully saturated rings. The molecule has 138 valence electrons. The SMILES string of the molecule is O=C(NCCO)c1ccc(-c2cccc3nc(CC(=O)C4CC4)nn23)cc1. The Labute approximate surface area is 156 Å². The Kier molecular flexibility index (Phi) is 4.68. The smallest absolute Gasteiger partial charge is 0.251 e. The van der Waals surface area contributed by atoms with Gasteiger partial charge in [0.1, 0.15) is 5.78 Å². The Hall–Kier alpha value is -3.06. The number of amides is 1. The molecule has 7 nitrogen and oxygen atoms in total. The highest BCUT2D eigenvalue weighted by molar-refractivity contribution is 5.94. The van der Waals surface area contributed by atoms with Gasteiger partial charge in [0.2, 0.25) is 0 Å². The van der Waals surface area contributed by atoms with Crippen molar-refractivity contribution in [2.75, 3.05) is 13.2 Å². The first-order valence-electron chi connectivity index (χ1n) is 9.02. The van der Waals surface area contributed by atoms with Crippen molar-refractivity contribution in [3.8, 4) is 11.3 Å². The van der Waals surface area contributed by atoms with Crippen LogP contribution in [-0.2, 0) is 11.2 Å². The Morgan fingerprint density at radius 2 is 1.93 bits per heavy atom. The Morgan fingerprint density at radius 3 is 2.63 bits per heavy atom. The average molecular weight is 364 g/mol. The molecular weight excluding hydrogens is 344 g/mol. The number of ketones is 1. The number of benzene rings is 1. The molecule has 0 aliphatic heterocycles. The third-order valence-corrected chi connectivity index (χ3v) is 4.61. The van der Waals surface area contributed by atoms with Crippen LogP contribution in [0, 0.1) is 5.92 Å². The van der Waals surface area contributed by atoms with E-state index in [0.717, 1.165) is 24.1 Å². The number of nitrogens with one attached hydrogen (secondary N) is 1. The van der Waals surface area contributed by atoms with Crippen LogP contribution in [0.5, 0.6) is 0 Å². The molecule has 27 heavy (non-hydrogen) atoms. The minimum atomic E-state index is -0.226. The lowest BCUT2D eigenvalue weighted by atomic mass is 10.1. The van der Waals surface area contributed by atoms with Gasteiger partial charge in [-0.15, -0.1) is 0 Å². The second-order valence-corrected chi connectivity index (χ2v) is 6.68. The van der Waals surface area contributed by atoms with E-state index in [1.54, 1.807) is 16.6 Å². The van der Waals surface area contributed by atoms with Gasteiger partial charge < -0.3 is 10.4 Å². The topological polar surface area (TPSA) is 96.6 Å². The number of fused-ring (bicyclic) bond motifs is 1. The average Bonchev–Trinajstić information content (AvgIpc) is 3.46. The molecule has 1 aliphatic rings. The van der Waals surface area contributed by atoms with Crippen molar-refractivity contribution in [1.82, 2.24) is 19.9 Å². The van der Waals surface area contributed by atoms with Crippen LogP contribution < -0.4 is 5.32 Å². The van der Waals surface area contributed by atoms with Gasteiger partial charge in [-0.2, -0.15) is 5.10 Å². The number of carbonyl (C=O) groups excluding carboxylic acids is 2. The fourth-order valence-corrected chi connectivity index (χ4v) is 3.01. The van der Waals surface area contributed by atoms with Gasteiger partial charge in [-0.1, -0.05) is 18.2 Å². The predicted molar refractivity (Wildman–Crippen MR) is 99.3 cm³/mol. The second-order valence-electron chi connectivity index (χ2n) is 6.68. The number of rotatable bonds is 7. The van der Waals surface area contributed by atoms with Crippen LogP contribution in [0.4, 0.5) is 0 Å².